The molecule has 2 saturated heterocycles. The van der Waals surface area contributed by atoms with Crippen LogP contribution in [0.3, 0.4) is 0 Å². The van der Waals surface area contributed by atoms with Gasteiger partial charge >= 0.3 is 5.97 Å². The van der Waals surface area contributed by atoms with Crippen LogP contribution in [0.2, 0.25) is 0 Å². The maximum absolute atomic E-state index is 13.3. The van der Waals surface area contributed by atoms with Gasteiger partial charge in [-0.15, -0.1) is 0 Å². The van der Waals surface area contributed by atoms with Crippen molar-refractivity contribution in [3.05, 3.63) is 215 Å². The Kier molecular flexibility index (Phi) is 16.4. The Labute approximate surface area is 374 Å². The number of ether oxygens (including phenoxy) is 9. The number of rotatable bonds is 21. The normalized spacial score (nSPS) is 24.3. The second-order valence-corrected chi connectivity index (χ2v) is 15.7. The Morgan fingerprint density at radius 2 is 0.797 bits per heavy atom. The van der Waals surface area contributed by atoms with Gasteiger partial charge in [-0.3, -0.25) is 0 Å². The quantitative estimate of drug-likeness (QED) is 0.0705. The number of aliphatic hydroxyl groups is 1. The molecule has 2 heterocycles. The Bertz CT molecular complexity index is 2240. The molecule has 0 saturated carbocycles. The minimum Gasteiger partial charge on any atom is -0.459 e. The molecule has 11 nitrogen and oxygen atoms in total. The summed E-state index contributed by atoms with van der Waals surface area (Å²) in [6.45, 7) is 1.07. The SMILES string of the molecule is O=C(OC[C@H]1O[C@H](O[C@@H]2[C@@H](OCc3ccccc3)[C@H](OCc3ccccc3)[C@@H](COCc3ccccc3)O[C@@H]2O)[C@@H](OCc2ccccc2)[C@@H]1OCc1ccccc1)c1ccccc1. The van der Waals surface area contributed by atoms with E-state index in [1.807, 2.05) is 158 Å². The van der Waals surface area contributed by atoms with Gasteiger partial charge in [-0.25, -0.2) is 4.79 Å². The first-order valence-electron chi connectivity index (χ1n) is 21.7. The lowest BCUT2D eigenvalue weighted by Crippen LogP contribution is -2.62. The van der Waals surface area contributed by atoms with E-state index in [0.717, 1.165) is 27.8 Å². The Morgan fingerprint density at radius 1 is 0.422 bits per heavy atom. The minimum atomic E-state index is -1.51. The van der Waals surface area contributed by atoms with Crippen LogP contribution in [-0.2, 0) is 75.7 Å². The first-order chi connectivity index (χ1) is 31.6. The average molecular weight is 867 g/mol. The molecule has 0 bridgehead atoms. The van der Waals surface area contributed by atoms with Crippen molar-refractivity contribution in [2.45, 2.75) is 88.3 Å². The van der Waals surface area contributed by atoms with Crippen molar-refractivity contribution in [3.8, 4) is 0 Å². The molecule has 6 aromatic rings. The highest BCUT2D eigenvalue weighted by molar-refractivity contribution is 5.89. The van der Waals surface area contributed by atoms with Crippen LogP contribution in [0, 0.1) is 0 Å². The van der Waals surface area contributed by atoms with Crippen LogP contribution in [-0.4, -0.2) is 79.6 Å². The number of aliphatic hydroxyl groups excluding tert-OH is 1. The lowest BCUT2D eigenvalue weighted by Gasteiger charge is -2.45. The number of hydrogen-bond acceptors (Lipinski definition) is 11. The van der Waals surface area contributed by atoms with Gasteiger partial charge in [-0.2, -0.15) is 0 Å². The third-order valence-corrected chi connectivity index (χ3v) is 11.1. The van der Waals surface area contributed by atoms with E-state index < -0.39 is 61.3 Å². The van der Waals surface area contributed by atoms with E-state index in [9.17, 15) is 9.90 Å². The second kappa shape index (κ2) is 23.4. The van der Waals surface area contributed by atoms with Gasteiger partial charge in [-0.05, 0) is 39.9 Å². The molecule has 332 valence electrons. The van der Waals surface area contributed by atoms with Crippen LogP contribution < -0.4 is 0 Å². The molecule has 2 aliphatic heterocycles. The van der Waals surface area contributed by atoms with Gasteiger partial charge in [0.25, 0.3) is 0 Å². The molecule has 0 spiro atoms. The Hall–Kier alpha value is -5.57. The highest BCUT2D eigenvalue weighted by Crippen LogP contribution is 2.36. The lowest BCUT2D eigenvalue weighted by molar-refractivity contribution is -0.342. The molecule has 1 N–H and O–H groups in total. The summed E-state index contributed by atoms with van der Waals surface area (Å²) in [4.78, 5) is 13.3. The summed E-state index contributed by atoms with van der Waals surface area (Å²) < 4.78 is 58.8. The van der Waals surface area contributed by atoms with Crippen LogP contribution in [0.15, 0.2) is 182 Å². The van der Waals surface area contributed by atoms with Gasteiger partial charge in [0.15, 0.2) is 12.6 Å². The van der Waals surface area contributed by atoms with Crippen molar-refractivity contribution in [3.63, 3.8) is 0 Å². The molecule has 6 aromatic carbocycles. The van der Waals surface area contributed by atoms with Crippen molar-refractivity contribution < 1.29 is 52.5 Å². The van der Waals surface area contributed by atoms with Gasteiger partial charge in [0.1, 0.15) is 49.3 Å². The topological polar surface area (TPSA) is 120 Å². The smallest absolute Gasteiger partial charge is 0.338 e. The van der Waals surface area contributed by atoms with E-state index in [4.69, 9.17) is 42.6 Å². The van der Waals surface area contributed by atoms with E-state index in [1.165, 1.54) is 0 Å². The average Bonchev–Trinajstić information content (AvgIpc) is 3.68. The fraction of sp³-hybridized carbons (Fsp3) is 0.302. The summed E-state index contributed by atoms with van der Waals surface area (Å²) in [7, 11) is 0. The van der Waals surface area contributed by atoms with Crippen molar-refractivity contribution in [1.82, 2.24) is 0 Å². The fourth-order valence-electron chi connectivity index (χ4n) is 7.78. The molecule has 0 aliphatic carbocycles. The first kappa shape index (κ1) is 45.0. The summed E-state index contributed by atoms with van der Waals surface area (Å²) in [5, 5.41) is 12.0. The van der Waals surface area contributed by atoms with Crippen LogP contribution >= 0.6 is 0 Å². The molecule has 9 atom stereocenters. The molecule has 64 heavy (non-hydrogen) atoms. The van der Waals surface area contributed by atoms with E-state index in [-0.39, 0.29) is 39.6 Å². The first-order valence-corrected chi connectivity index (χ1v) is 21.7. The van der Waals surface area contributed by atoms with Gasteiger partial charge < -0.3 is 47.7 Å². The lowest BCUT2D eigenvalue weighted by atomic mass is 9.97. The molecular formula is C53H54O11. The molecule has 2 fully saturated rings. The van der Waals surface area contributed by atoms with Gasteiger partial charge in [0, 0.05) is 0 Å². The van der Waals surface area contributed by atoms with E-state index >= 15 is 0 Å². The summed E-state index contributed by atoms with van der Waals surface area (Å²) >= 11 is 0. The third-order valence-electron chi connectivity index (χ3n) is 11.1. The monoisotopic (exact) mass is 866 g/mol. The van der Waals surface area contributed by atoms with Crippen LogP contribution in [0.1, 0.15) is 38.2 Å². The highest BCUT2D eigenvalue weighted by Gasteiger charge is 2.54. The summed E-state index contributed by atoms with van der Waals surface area (Å²) in [5.41, 5.74) is 5.09. The maximum Gasteiger partial charge on any atom is 0.338 e. The number of carbonyl (C=O) groups excluding carboxylic acids is 1. The van der Waals surface area contributed by atoms with E-state index in [1.54, 1.807) is 24.3 Å². The standard InChI is InChI=1S/C53H54O11/c54-51(43-29-17-6-18-30-43)61-37-45-47(58-33-40-23-11-3-12-24-40)50(60-35-42-27-15-5-16-28-42)53(63-45)64-49-48(59-34-41-25-13-4-14-26-41)46(57-32-39-21-9-2-10-22-39)44(62-52(49)55)36-56-31-38-19-7-1-8-20-38/h1-30,44-50,52-53,55H,31-37H2/t44-,45-,46-,47-,48+,49-,50+,52+,53-/m1/s1. The van der Waals surface area contributed by atoms with Crippen molar-refractivity contribution in [2.24, 2.45) is 0 Å². The van der Waals surface area contributed by atoms with Crippen molar-refractivity contribution >= 4 is 5.97 Å². The predicted octanol–water partition coefficient (Wildman–Crippen LogP) is 8.23. The zero-order valence-corrected chi connectivity index (χ0v) is 35.5. The van der Waals surface area contributed by atoms with Gasteiger partial charge in [0.2, 0.25) is 0 Å². The predicted molar refractivity (Wildman–Crippen MR) is 237 cm³/mol. The van der Waals surface area contributed by atoms with Crippen molar-refractivity contribution in [1.29, 1.82) is 0 Å². The molecule has 0 unspecified atom stereocenters. The van der Waals surface area contributed by atoms with Crippen LogP contribution in [0.25, 0.3) is 0 Å². The fourth-order valence-corrected chi connectivity index (χ4v) is 7.78. The zero-order chi connectivity index (χ0) is 43.8. The Morgan fingerprint density at radius 3 is 1.27 bits per heavy atom. The second-order valence-electron chi connectivity index (χ2n) is 15.7. The van der Waals surface area contributed by atoms with E-state index in [2.05, 4.69) is 0 Å². The maximum atomic E-state index is 13.3. The molecule has 0 radical (unpaired) electrons. The summed E-state index contributed by atoms with van der Waals surface area (Å²) in [6, 6.07) is 57.7. The largest absolute Gasteiger partial charge is 0.459 e. The van der Waals surface area contributed by atoms with Crippen LogP contribution in [0.5, 0.6) is 0 Å². The number of hydrogen-bond donors (Lipinski definition) is 1. The molecular weight excluding hydrogens is 813 g/mol. The van der Waals surface area contributed by atoms with Gasteiger partial charge in [-0.1, -0.05) is 170 Å². The molecule has 0 amide bonds. The number of benzene rings is 6. The third kappa shape index (κ3) is 12.6. The summed E-state index contributed by atoms with van der Waals surface area (Å²) in [6.07, 6.45) is -8.78. The van der Waals surface area contributed by atoms with Crippen molar-refractivity contribution in [2.75, 3.05) is 13.2 Å². The number of esters is 1. The van der Waals surface area contributed by atoms with Gasteiger partial charge in [0.05, 0.1) is 45.2 Å². The molecule has 11 heteroatoms. The van der Waals surface area contributed by atoms with Crippen LogP contribution in [0.4, 0.5) is 0 Å². The summed E-state index contributed by atoms with van der Waals surface area (Å²) in [5.74, 6) is -0.512. The Balaban J connectivity index is 1.10. The molecule has 0 aromatic heterocycles. The zero-order valence-electron chi connectivity index (χ0n) is 35.5. The molecule has 8 rings (SSSR count). The minimum absolute atomic E-state index is 0.0936. The number of carbonyl (C=O) groups is 1. The molecule has 2 aliphatic rings. The highest BCUT2D eigenvalue weighted by atomic mass is 16.8. The van der Waals surface area contributed by atoms with E-state index in [0.29, 0.717) is 12.2 Å².